The SMILES string of the molecule is CC(=O)c1cccc(NC(=O)Nc2sccc2C(N)=O)c1. The molecule has 1 heterocycles. The van der Waals surface area contributed by atoms with Crippen LogP contribution in [-0.2, 0) is 0 Å². The van der Waals surface area contributed by atoms with Crippen LogP contribution in [0.4, 0.5) is 15.5 Å². The predicted molar refractivity (Wildman–Crippen MR) is 81.9 cm³/mol. The fraction of sp³-hybridized carbons (Fsp3) is 0.0714. The van der Waals surface area contributed by atoms with Crippen LogP contribution in [-0.4, -0.2) is 17.7 Å². The van der Waals surface area contributed by atoms with Crippen molar-refractivity contribution in [2.75, 3.05) is 10.6 Å². The summed E-state index contributed by atoms with van der Waals surface area (Å²) in [5.41, 5.74) is 6.44. The lowest BCUT2D eigenvalue weighted by Gasteiger charge is -2.08. The fourth-order valence-corrected chi connectivity index (χ4v) is 2.47. The number of benzene rings is 1. The molecular formula is C14H13N3O3S. The first-order chi connectivity index (χ1) is 9.97. The monoisotopic (exact) mass is 303 g/mol. The molecule has 0 saturated heterocycles. The van der Waals surface area contributed by atoms with Gasteiger partial charge in [-0.1, -0.05) is 12.1 Å². The van der Waals surface area contributed by atoms with Gasteiger partial charge in [0.2, 0.25) is 0 Å². The number of anilines is 2. The van der Waals surface area contributed by atoms with Crippen LogP contribution in [0.3, 0.4) is 0 Å². The molecule has 0 aliphatic carbocycles. The van der Waals surface area contributed by atoms with Gasteiger partial charge in [-0.15, -0.1) is 11.3 Å². The fourth-order valence-electron chi connectivity index (χ4n) is 1.68. The molecule has 1 aromatic heterocycles. The van der Waals surface area contributed by atoms with Crippen LogP contribution in [0.2, 0.25) is 0 Å². The number of carbonyl (C=O) groups is 3. The van der Waals surface area contributed by atoms with Crippen molar-refractivity contribution < 1.29 is 14.4 Å². The molecule has 0 fully saturated rings. The van der Waals surface area contributed by atoms with Gasteiger partial charge in [-0.2, -0.15) is 0 Å². The number of urea groups is 1. The van der Waals surface area contributed by atoms with Crippen molar-refractivity contribution in [3.05, 3.63) is 46.8 Å². The van der Waals surface area contributed by atoms with E-state index in [0.717, 1.165) is 0 Å². The molecule has 4 N–H and O–H groups in total. The van der Waals surface area contributed by atoms with Gasteiger partial charge in [0.1, 0.15) is 5.00 Å². The molecule has 3 amide bonds. The van der Waals surface area contributed by atoms with Crippen LogP contribution in [0.15, 0.2) is 35.7 Å². The molecule has 2 rings (SSSR count). The van der Waals surface area contributed by atoms with Gasteiger partial charge in [0.05, 0.1) is 5.56 Å². The second-order valence-electron chi connectivity index (χ2n) is 4.24. The maximum Gasteiger partial charge on any atom is 0.324 e. The lowest BCUT2D eigenvalue weighted by molar-refractivity contribution is 0.0997. The molecule has 21 heavy (non-hydrogen) atoms. The minimum Gasteiger partial charge on any atom is -0.366 e. The zero-order valence-corrected chi connectivity index (χ0v) is 12.0. The number of rotatable bonds is 4. The zero-order chi connectivity index (χ0) is 15.4. The minimum atomic E-state index is -0.606. The van der Waals surface area contributed by atoms with Crippen molar-refractivity contribution in [1.29, 1.82) is 0 Å². The third kappa shape index (κ3) is 3.67. The topological polar surface area (TPSA) is 101 Å². The first-order valence-corrected chi connectivity index (χ1v) is 6.91. The Balaban J connectivity index is 2.08. The normalized spacial score (nSPS) is 9.95. The van der Waals surface area contributed by atoms with E-state index in [0.29, 0.717) is 16.3 Å². The lowest BCUT2D eigenvalue weighted by Crippen LogP contribution is -2.21. The van der Waals surface area contributed by atoms with Gasteiger partial charge < -0.3 is 11.1 Å². The number of hydrogen-bond acceptors (Lipinski definition) is 4. The number of carbonyl (C=O) groups excluding carboxylic acids is 3. The molecule has 0 radical (unpaired) electrons. The summed E-state index contributed by atoms with van der Waals surface area (Å²) >= 11 is 1.20. The number of ketones is 1. The predicted octanol–water partition coefficient (Wildman–Crippen LogP) is 2.69. The summed E-state index contributed by atoms with van der Waals surface area (Å²) in [4.78, 5) is 34.3. The number of primary amides is 1. The summed E-state index contributed by atoms with van der Waals surface area (Å²) in [5.74, 6) is -0.696. The van der Waals surface area contributed by atoms with E-state index in [1.807, 2.05) is 0 Å². The van der Waals surface area contributed by atoms with Crippen LogP contribution in [0.5, 0.6) is 0 Å². The third-order valence-corrected chi connectivity index (χ3v) is 3.51. The first-order valence-electron chi connectivity index (χ1n) is 6.03. The van der Waals surface area contributed by atoms with Crippen molar-refractivity contribution in [3.8, 4) is 0 Å². The van der Waals surface area contributed by atoms with Crippen molar-refractivity contribution in [2.45, 2.75) is 6.92 Å². The van der Waals surface area contributed by atoms with E-state index >= 15 is 0 Å². The maximum atomic E-state index is 11.9. The Kier molecular flexibility index (Phi) is 4.34. The standard InChI is InChI=1S/C14H13N3O3S/c1-8(18)9-3-2-4-10(7-9)16-14(20)17-13-11(12(15)19)5-6-21-13/h2-7H,1H3,(H2,15,19)(H2,16,17,20). The Bertz CT molecular complexity index is 709. The highest BCUT2D eigenvalue weighted by Gasteiger charge is 2.12. The number of nitrogens with two attached hydrogens (primary N) is 1. The molecule has 0 aliphatic heterocycles. The number of nitrogens with one attached hydrogen (secondary N) is 2. The van der Waals surface area contributed by atoms with E-state index in [2.05, 4.69) is 10.6 Å². The first kappa shape index (κ1) is 14.7. The number of thiophene rings is 1. The molecule has 0 spiro atoms. The Morgan fingerprint density at radius 3 is 2.57 bits per heavy atom. The number of hydrogen-bond donors (Lipinski definition) is 3. The largest absolute Gasteiger partial charge is 0.366 e. The molecule has 0 bridgehead atoms. The van der Waals surface area contributed by atoms with Gasteiger partial charge in [-0.05, 0) is 30.5 Å². The summed E-state index contributed by atoms with van der Waals surface area (Å²) in [5, 5.41) is 7.18. The molecule has 2 aromatic rings. The van der Waals surface area contributed by atoms with Gasteiger partial charge in [-0.25, -0.2) is 4.79 Å². The van der Waals surface area contributed by atoms with Gasteiger partial charge in [0.15, 0.2) is 5.78 Å². The second-order valence-corrected chi connectivity index (χ2v) is 5.16. The molecule has 0 atom stereocenters. The summed E-state index contributed by atoms with van der Waals surface area (Å²) < 4.78 is 0. The minimum absolute atomic E-state index is 0.0895. The molecular weight excluding hydrogens is 290 g/mol. The lowest BCUT2D eigenvalue weighted by atomic mass is 10.1. The highest BCUT2D eigenvalue weighted by molar-refractivity contribution is 7.14. The van der Waals surface area contributed by atoms with E-state index in [9.17, 15) is 14.4 Å². The average Bonchev–Trinajstić information content (AvgIpc) is 2.87. The molecule has 7 heteroatoms. The molecule has 0 unspecified atom stereocenters. The second kappa shape index (κ2) is 6.19. The van der Waals surface area contributed by atoms with Gasteiger partial charge in [0.25, 0.3) is 5.91 Å². The van der Waals surface area contributed by atoms with Gasteiger partial charge >= 0.3 is 6.03 Å². The Hall–Kier alpha value is -2.67. The zero-order valence-electron chi connectivity index (χ0n) is 11.2. The summed E-state index contributed by atoms with van der Waals surface area (Å²) in [6, 6.07) is 7.60. The van der Waals surface area contributed by atoms with Crippen LogP contribution in [0.1, 0.15) is 27.6 Å². The smallest absolute Gasteiger partial charge is 0.324 e. The Labute approximate surface area is 125 Å². The third-order valence-electron chi connectivity index (χ3n) is 2.68. The highest BCUT2D eigenvalue weighted by Crippen LogP contribution is 2.23. The summed E-state index contributed by atoms with van der Waals surface area (Å²) in [7, 11) is 0. The highest BCUT2D eigenvalue weighted by atomic mass is 32.1. The molecule has 6 nitrogen and oxygen atoms in total. The van der Waals surface area contributed by atoms with E-state index in [4.69, 9.17) is 5.73 Å². The van der Waals surface area contributed by atoms with E-state index in [1.165, 1.54) is 18.3 Å². The maximum absolute atomic E-state index is 11.9. The van der Waals surface area contributed by atoms with E-state index in [1.54, 1.807) is 35.7 Å². The van der Waals surface area contributed by atoms with Crippen LogP contribution < -0.4 is 16.4 Å². The Morgan fingerprint density at radius 1 is 1.14 bits per heavy atom. The van der Waals surface area contributed by atoms with E-state index < -0.39 is 11.9 Å². The van der Waals surface area contributed by atoms with Crippen LogP contribution in [0.25, 0.3) is 0 Å². The summed E-state index contributed by atoms with van der Waals surface area (Å²) in [6.07, 6.45) is 0. The van der Waals surface area contributed by atoms with Crippen molar-refractivity contribution >= 4 is 39.7 Å². The average molecular weight is 303 g/mol. The Morgan fingerprint density at radius 2 is 1.90 bits per heavy atom. The molecule has 1 aromatic carbocycles. The quantitative estimate of drug-likeness (QED) is 0.757. The number of amides is 3. The van der Waals surface area contributed by atoms with Gasteiger partial charge in [-0.3, -0.25) is 14.9 Å². The van der Waals surface area contributed by atoms with E-state index in [-0.39, 0.29) is 11.3 Å². The van der Waals surface area contributed by atoms with Crippen molar-refractivity contribution in [2.24, 2.45) is 5.73 Å². The van der Waals surface area contributed by atoms with Crippen molar-refractivity contribution in [3.63, 3.8) is 0 Å². The molecule has 0 aliphatic rings. The van der Waals surface area contributed by atoms with Crippen LogP contribution >= 0.6 is 11.3 Å². The van der Waals surface area contributed by atoms with Crippen molar-refractivity contribution in [1.82, 2.24) is 0 Å². The van der Waals surface area contributed by atoms with Gasteiger partial charge in [0, 0.05) is 11.3 Å². The number of Topliss-reactive ketones (excluding diaryl/α,β-unsaturated/α-hetero) is 1. The molecule has 0 saturated carbocycles. The van der Waals surface area contributed by atoms with Crippen LogP contribution in [0, 0.1) is 0 Å². The summed E-state index contributed by atoms with van der Waals surface area (Å²) in [6.45, 7) is 1.45. The molecule has 108 valence electrons.